The van der Waals surface area contributed by atoms with Crippen LogP contribution in [-0.2, 0) is 22.3 Å². The van der Waals surface area contributed by atoms with Gasteiger partial charge in [0.25, 0.3) is 11.8 Å². The van der Waals surface area contributed by atoms with Crippen molar-refractivity contribution in [2.24, 2.45) is 0 Å². The Morgan fingerprint density at radius 3 is 2.68 bits per heavy atom. The highest BCUT2D eigenvalue weighted by Crippen LogP contribution is 2.44. The highest BCUT2D eigenvalue weighted by Gasteiger charge is 2.54. The van der Waals surface area contributed by atoms with Gasteiger partial charge in [0.15, 0.2) is 0 Å². The molecule has 1 aromatic heterocycles. The second-order valence-electron chi connectivity index (χ2n) is 8.38. The number of carbonyl (C=O) groups excluding carboxylic acids is 2. The molecule has 182 valence electrons. The van der Waals surface area contributed by atoms with Crippen LogP contribution in [0.25, 0.3) is 0 Å². The van der Waals surface area contributed by atoms with Crippen molar-refractivity contribution in [2.75, 3.05) is 11.9 Å². The average molecular weight is 481 g/mol. The van der Waals surface area contributed by atoms with Crippen molar-refractivity contribution in [3.8, 4) is 0 Å². The fourth-order valence-electron chi connectivity index (χ4n) is 4.73. The van der Waals surface area contributed by atoms with E-state index >= 15 is 0 Å². The van der Waals surface area contributed by atoms with E-state index in [0.29, 0.717) is 31.4 Å². The standard InChI is InChI=1S/C23H23F4N3O4/c1-3-22-8-5-9-30(22)29(12-14-6-4-7-15(24)11-14)21(33)17(18(22)31)20(32)28-16-10-13(2)34-19(16)23(25,26)27/h4,6-7,10-11,31H,3,5,8-9,12H2,1-2H3,(H,28,32). The number of fused-ring (bicyclic) bond motifs is 1. The molecule has 2 aliphatic heterocycles. The van der Waals surface area contributed by atoms with Gasteiger partial charge in [-0.15, -0.1) is 0 Å². The van der Waals surface area contributed by atoms with Crippen LogP contribution >= 0.6 is 0 Å². The minimum absolute atomic E-state index is 0.0823. The van der Waals surface area contributed by atoms with Crippen LogP contribution in [0.5, 0.6) is 0 Å². The van der Waals surface area contributed by atoms with Gasteiger partial charge in [0.2, 0.25) is 5.76 Å². The number of furan rings is 1. The summed E-state index contributed by atoms with van der Waals surface area (Å²) in [6, 6.07) is 6.59. The molecule has 7 nitrogen and oxygen atoms in total. The number of hydrogen-bond acceptors (Lipinski definition) is 5. The number of amides is 2. The lowest BCUT2D eigenvalue weighted by Crippen LogP contribution is -2.61. The second-order valence-corrected chi connectivity index (χ2v) is 8.38. The van der Waals surface area contributed by atoms with Gasteiger partial charge in [0, 0.05) is 12.6 Å². The minimum atomic E-state index is -4.87. The number of carbonyl (C=O) groups is 2. The highest BCUT2D eigenvalue weighted by molar-refractivity contribution is 6.23. The maximum absolute atomic E-state index is 13.7. The Kier molecular flexibility index (Phi) is 5.92. The lowest BCUT2D eigenvalue weighted by molar-refractivity contribution is -0.162. The van der Waals surface area contributed by atoms with Crippen LogP contribution in [-0.4, -0.2) is 39.0 Å². The van der Waals surface area contributed by atoms with E-state index in [4.69, 9.17) is 0 Å². The predicted molar refractivity (Wildman–Crippen MR) is 113 cm³/mol. The molecule has 1 atom stereocenters. The highest BCUT2D eigenvalue weighted by atomic mass is 19.4. The first-order valence-electron chi connectivity index (χ1n) is 10.7. The maximum atomic E-state index is 13.7. The summed E-state index contributed by atoms with van der Waals surface area (Å²) in [7, 11) is 0. The third-order valence-electron chi connectivity index (χ3n) is 6.27. The Bertz CT molecular complexity index is 1170. The number of benzene rings is 1. The van der Waals surface area contributed by atoms with E-state index in [2.05, 4.69) is 9.73 Å². The largest absolute Gasteiger partial charge is 0.509 e. The van der Waals surface area contributed by atoms with Crippen LogP contribution in [0, 0.1) is 12.7 Å². The van der Waals surface area contributed by atoms with Gasteiger partial charge in [0.1, 0.15) is 22.9 Å². The first-order valence-corrected chi connectivity index (χ1v) is 10.7. The monoisotopic (exact) mass is 481 g/mol. The molecule has 4 rings (SSSR count). The topological polar surface area (TPSA) is 86.0 Å². The minimum Gasteiger partial charge on any atom is -0.509 e. The number of hydrazine groups is 1. The van der Waals surface area contributed by atoms with E-state index in [0.717, 1.165) is 6.07 Å². The lowest BCUT2D eigenvalue weighted by Gasteiger charge is -2.47. The van der Waals surface area contributed by atoms with Crippen LogP contribution in [0.3, 0.4) is 0 Å². The summed E-state index contributed by atoms with van der Waals surface area (Å²) in [4.78, 5) is 26.5. The maximum Gasteiger partial charge on any atom is 0.451 e. The van der Waals surface area contributed by atoms with E-state index in [-0.39, 0.29) is 12.3 Å². The Hall–Kier alpha value is -3.34. The predicted octanol–water partition coefficient (Wildman–Crippen LogP) is 4.70. The average Bonchev–Trinajstić information content (AvgIpc) is 3.35. The van der Waals surface area contributed by atoms with E-state index < -0.39 is 52.1 Å². The quantitative estimate of drug-likeness (QED) is 0.478. The molecule has 1 saturated heterocycles. The molecule has 3 heterocycles. The molecule has 34 heavy (non-hydrogen) atoms. The molecule has 2 aromatic rings. The number of alkyl halides is 3. The Balaban J connectivity index is 1.74. The molecule has 0 radical (unpaired) electrons. The van der Waals surface area contributed by atoms with Gasteiger partial charge in [-0.25, -0.2) is 9.40 Å². The molecule has 2 N–H and O–H groups in total. The number of hydrogen-bond donors (Lipinski definition) is 2. The molecule has 1 unspecified atom stereocenters. The zero-order valence-electron chi connectivity index (χ0n) is 18.5. The van der Waals surface area contributed by atoms with Crippen LogP contribution in [0.4, 0.5) is 23.2 Å². The molecule has 2 amide bonds. The number of aliphatic hydroxyl groups is 1. The summed E-state index contributed by atoms with van der Waals surface area (Å²) in [6.45, 7) is 3.39. The van der Waals surface area contributed by atoms with Crippen molar-refractivity contribution >= 4 is 17.5 Å². The third-order valence-corrected chi connectivity index (χ3v) is 6.27. The van der Waals surface area contributed by atoms with Crippen molar-refractivity contribution in [3.63, 3.8) is 0 Å². The molecular formula is C23H23F4N3O4. The third kappa shape index (κ3) is 3.93. The van der Waals surface area contributed by atoms with Crippen LogP contribution in [0.2, 0.25) is 0 Å². The first-order chi connectivity index (χ1) is 16.0. The summed E-state index contributed by atoms with van der Waals surface area (Å²) < 4.78 is 58.4. The summed E-state index contributed by atoms with van der Waals surface area (Å²) in [5.41, 5.74) is -1.92. The molecule has 0 bridgehead atoms. The molecule has 2 aliphatic rings. The number of anilines is 1. The van der Waals surface area contributed by atoms with Gasteiger partial charge in [-0.2, -0.15) is 13.2 Å². The second kappa shape index (κ2) is 8.46. The van der Waals surface area contributed by atoms with Crippen LogP contribution < -0.4 is 5.32 Å². The molecular weight excluding hydrogens is 458 g/mol. The van der Waals surface area contributed by atoms with Crippen molar-refractivity contribution in [3.05, 3.63) is 64.6 Å². The van der Waals surface area contributed by atoms with Gasteiger partial charge < -0.3 is 14.8 Å². The van der Waals surface area contributed by atoms with Gasteiger partial charge in [-0.1, -0.05) is 19.1 Å². The van der Waals surface area contributed by atoms with Crippen molar-refractivity contribution in [1.29, 1.82) is 0 Å². The molecule has 0 spiro atoms. The number of rotatable bonds is 5. The van der Waals surface area contributed by atoms with E-state index in [9.17, 15) is 32.3 Å². The number of aryl methyl sites for hydroxylation is 1. The van der Waals surface area contributed by atoms with E-state index in [1.54, 1.807) is 18.0 Å². The van der Waals surface area contributed by atoms with E-state index in [1.807, 2.05) is 0 Å². The van der Waals surface area contributed by atoms with Gasteiger partial charge in [-0.3, -0.25) is 14.6 Å². The molecule has 11 heteroatoms. The molecule has 0 aliphatic carbocycles. The smallest absolute Gasteiger partial charge is 0.451 e. The Labute approximate surface area is 192 Å². The van der Waals surface area contributed by atoms with Gasteiger partial charge in [0.05, 0.1) is 17.8 Å². The van der Waals surface area contributed by atoms with Crippen LogP contribution in [0.1, 0.15) is 43.3 Å². The zero-order valence-corrected chi connectivity index (χ0v) is 18.5. The van der Waals surface area contributed by atoms with Crippen molar-refractivity contribution in [2.45, 2.75) is 51.4 Å². The zero-order chi connectivity index (χ0) is 24.8. The van der Waals surface area contributed by atoms with Gasteiger partial charge in [-0.05, 0) is 43.9 Å². The fourth-order valence-corrected chi connectivity index (χ4v) is 4.73. The summed E-state index contributed by atoms with van der Waals surface area (Å²) in [5, 5.41) is 16.1. The van der Waals surface area contributed by atoms with Crippen molar-refractivity contribution < 1.29 is 36.7 Å². The first kappa shape index (κ1) is 23.8. The molecule has 1 aromatic carbocycles. The summed E-state index contributed by atoms with van der Waals surface area (Å²) in [5.74, 6) is -4.56. The Morgan fingerprint density at radius 2 is 2.03 bits per heavy atom. The molecule has 0 saturated carbocycles. The van der Waals surface area contributed by atoms with E-state index in [1.165, 1.54) is 30.1 Å². The summed E-state index contributed by atoms with van der Waals surface area (Å²) in [6.07, 6.45) is -3.50. The number of nitrogens with zero attached hydrogens (tertiary/aromatic N) is 2. The lowest BCUT2D eigenvalue weighted by atomic mass is 9.86. The normalized spacial score (nSPS) is 21.2. The molecule has 1 fully saturated rings. The van der Waals surface area contributed by atoms with Crippen molar-refractivity contribution in [1.82, 2.24) is 10.0 Å². The number of halogens is 4. The SMILES string of the molecule is CCC12CCCN1N(Cc1cccc(F)c1)C(=O)C(C(=O)Nc1cc(C)oc1C(F)(F)F)=C2O. The fraction of sp³-hybridized carbons (Fsp3) is 0.391. The van der Waals surface area contributed by atoms with Crippen LogP contribution in [0.15, 0.2) is 46.1 Å². The Morgan fingerprint density at radius 1 is 1.29 bits per heavy atom. The van der Waals surface area contributed by atoms with Gasteiger partial charge >= 0.3 is 6.18 Å². The number of aliphatic hydroxyl groups excluding tert-OH is 1. The number of nitrogens with one attached hydrogen (secondary N) is 1. The summed E-state index contributed by atoms with van der Waals surface area (Å²) >= 11 is 0.